The molecule has 6 rings (SSSR count). The summed E-state index contributed by atoms with van der Waals surface area (Å²) in [6.45, 7) is 12.0. The number of ether oxygens (including phenoxy) is 3. The van der Waals surface area contributed by atoms with Gasteiger partial charge in [0.2, 0.25) is 0 Å². The van der Waals surface area contributed by atoms with Crippen LogP contribution in [0.2, 0.25) is 0 Å². The van der Waals surface area contributed by atoms with Crippen molar-refractivity contribution in [3.8, 4) is 17.2 Å². The first kappa shape index (κ1) is 51.4. The molecule has 6 aromatic rings. The first-order chi connectivity index (χ1) is 31.5. The first-order valence-corrected chi connectivity index (χ1v) is 21.9. The summed E-state index contributed by atoms with van der Waals surface area (Å²) >= 11 is 0. The van der Waals surface area contributed by atoms with Crippen LogP contribution >= 0.6 is 0 Å². The van der Waals surface area contributed by atoms with Gasteiger partial charge in [-0.2, -0.15) is 0 Å². The minimum atomic E-state index is -0.0744. The monoisotopic (exact) mass is 888 g/mol. The SMILES string of the molecule is COc1ccc(C(=O)CCC(=O)c2ccc(C)c(C)c2)cc1.COc1cccc(C(=O)CCC(=O)c2ccc(C)c(C)c2)c1.COc1ccccc1C(=O)CCC(=O)c1ccc(C)c(C)c1. The molecule has 0 radical (unpaired) electrons. The third-order valence-electron chi connectivity index (χ3n) is 11.4. The van der Waals surface area contributed by atoms with Crippen molar-refractivity contribution in [1.29, 1.82) is 0 Å². The van der Waals surface area contributed by atoms with E-state index in [1.165, 1.54) is 7.11 Å². The van der Waals surface area contributed by atoms with Gasteiger partial charge >= 0.3 is 0 Å². The van der Waals surface area contributed by atoms with Crippen molar-refractivity contribution < 1.29 is 43.0 Å². The highest BCUT2D eigenvalue weighted by molar-refractivity contribution is 6.04. The summed E-state index contributed by atoms with van der Waals surface area (Å²) < 4.78 is 15.3. The second-order valence-corrected chi connectivity index (χ2v) is 16.1. The van der Waals surface area contributed by atoms with E-state index < -0.39 is 0 Å². The average molecular weight is 889 g/mol. The summed E-state index contributed by atoms with van der Waals surface area (Å²) in [5.74, 6) is 1.75. The van der Waals surface area contributed by atoms with E-state index in [0.717, 1.165) is 33.4 Å². The molecule has 0 amide bonds. The van der Waals surface area contributed by atoms with Crippen LogP contribution in [0.1, 0.15) is 134 Å². The van der Waals surface area contributed by atoms with Gasteiger partial charge in [0.1, 0.15) is 17.2 Å². The Morgan fingerprint density at radius 2 is 0.682 bits per heavy atom. The number of aryl methyl sites for hydroxylation is 6. The topological polar surface area (TPSA) is 130 Å². The predicted molar refractivity (Wildman–Crippen MR) is 260 cm³/mol. The lowest BCUT2D eigenvalue weighted by Gasteiger charge is -2.07. The maximum atomic E-state index is 12.2. The zero-order valence-electron chi connectivity index (χ0n) is 39.5. The second kappa shape index (κ2) is 25.3. The summed E-state index contributed by atoms with van der Waals surface area (Å²) in [5, 5.41) is 0. The van der Waals surface area contributed by atoms with Crippen molar-refractivity contribution in [3.05, 3.63) is 194 Å². The Balaban J connectivity index is 0.000000216. The molecule has 0 aliphatic heterocycles. The Bertz CT molecular complexity index is 2670. The summed E-state index contributed by atoms with van der Waals surface area (Å²) in [6, 6.07) is 37.9. The highest BCUT2D eigenvalue weighted by Crippen LogP contribution is 2.22. The maximum absolute atomic E-state index is 12.2. The Morgan fingerprint density at radius 1 is 0.318 bits per heavy atom. The van der Waals surface area contributed by atoms with Crippen LogP contribution in [0.4, 0.5) is 0 Å². The van der Waals surface area contributed by atoms with E-state index in [0.29, 0.717) is 50.6 Å². The molecule has 0 aliphatic carbocycles. The number of carbonyl (C=O) groups excluding carboxylic acids is 6. The highest BCUT2D eigenvalue weighted by Gasteiger charge is 2.16. The second-order valence-electron chi connectivity index (χ2n) is 16.1. The largest absolute Gasteiger partial charge is 0.497 e. The zero-order valence-corrected chi connectivity index (χ0v) is 39.5. The van der Waals surface area contributed by atoms with E-state index in [2.05, 4.69) is 0 Å². The van der Waals surface area contributed by atoms with Gasteiger partial charge in [0.25, 0.3) is 0 Å². The van der Waals surface area contributed by atoms with Crippen LogP contribution in [0.25, 0.3) is 0 Å². The molecule has 0 aromatic heterocycles. The van der Waals surface area contributed by atoms with Gasteiger partial charge in [-0.25, -0.2) is 0 Å². The predicted octanol–water partition coefficient (Wildman–Crippen LogP) is 12.5. The molecule has 0 saturated heterocycles. The normalized spacial score (nSPS) is 10.3. The fourth-order valence-corrected chi connectivity index (χ4v) is 6.73. The number of carbonyl (C=O) groups is 6. The average Bonchev–Trinajstić information content (AvgIpc) is 3.34. The summed E-state index contributed by atoms with van der Waals surface area (Å²) in [4.78, 5) is 73.1. The van der Waals surface area contributed by atoms with E-state index in [4.69, 9.17) is 14.2 Å². The van der Waals surface area contributed by atoms with Gasteiger partial charge in [-0.3, -0.25) is 28.8 Å². The quantitative estimate of drug-likeness (QED) is 0.0774. The minimum Gasteiger partial charge on any atom is -0.497 e. The third kappa shape index (κ3) is 15.2. The zero-order chi connectivity index (χ0) is 48.3. The van der Waals surface area contributed by atoms with Gasteiger partial charge in [0, 0.05) is 66.3 Å². The molecular formula is C57H60O9. The van der Waals surface area contributed by atoms with E-state index in [9.17, 15) is 28.8 Å². The van der Waals surface area contributed by atoms with E-state index >= 15 is 0 Å². The van der Waals surface area contributed by atoms with Crippen LogP contribution in [0.5, 0.6) is 17.2 Å². The Kier molecular flexibility index (Phi) is 19.7. The molecule has 0 heterocycles. The number of hydrogen-bond acceptors (Lipinski definition) is 9. The number of rotatable bonds is 18. The summed E-state index contributed by atoms with van der Waals surface area (Å²) in [7, 11) is 4.68. The Hall–Kier alpha value is -7.26. The van der Waals surface area contributed by atoms with Gasteiger partial charge in [0.15, 0.2) is 34.7 Å². The van der Waals surface area contributed by atoms with Crippen molar-refractivity contribution in [2.75, 3.05) is 21.3 Å². The van der Waals surface area contributed by atoms with Gasteiger partial charge in [-0.1, -0.05) is 60.7 Å². The van der Waals surface area contributed by atoms with Crippen LogP contribution in [-0.4, -0.2) is 56.0 Å². The molecule has 0 spiro atoms. The summed E-state index contributed by atoms with van der Waals surface area (Å²) in [6.07, 6.45) is 1.27. The Labute approximate surface area is 389 Å². The molecule has 6 aromatic carbocycles. The number of ketones is 6. The van der Waals surface area contributed by atoms with Crippen LogP contribution in [0.15, 0.2) is 127 Å². The van der Waals surface area contributed by atoms with Crippen LogP contribution in [0.3, 0.4) is 0 Å². The molecule has 0 atom stereocenters. The molecule has 0 fully saturated rings. The lowest BCUT2D eigenvalue weighted by molar-refractivity contribution is 0.0916. The van der Waals surface area contributed by atoms with Gasteiger partial charge < -0.3 is 14.2 Å². The molecule has 0 unspecified atom stereocenters. The van der Waals surface area contributed by atoms with E-state index in [1.807, 2.05) is 102 Å². The van der Waals surface area contributed by atoms with Crippen LogP contribution in [0, 0.1) is 41.5 Å². The lowest BCUT2D eigenvalue weighted by Crippen LogP contribution is -2.07. The molecule has 9 nitrogen and oxygen atoms in total. The number of benzene rings is 6. The fourth-order valence-electron chi connectivity index (χ4n) is 6.73. The first-order valence-electron chi connectivity index (χ1n) is 21.9. The fraction of sp³-hybridized carbons (Fsp3) is 0.263. The molecule has 9 heteroatoms. The molecular weight excluding hydrogens is 829 g/mol. The van der Waals surface area contributed by atoms with Crippen LogP contribution in [-0.2, 0) is 0 Å². The highest BCUT2D eigenvalue weighted by atomic mass is 16.5. The number of methoxy groups -OCH3 is 3. The third-order valence-corrected chi connectivity index (χ3v) is 11.4. The van der Waals surface area contributed by atoms with Crippen molar-refractivity contribution in [2.24, 2.45) is 0 Å². The van der Waals surface area contributed by atoms with Gasteiger partial charge in [0.05, 0.1) is 26.9 Å². The van der Waals surface area contributed by atoms with Crippen molar-refractivity contribution >= 4 is 34.7 Å². The lowest BCUT2D eigenvalue weighted by atomic mass is 9.98. The standard InChI is InChI=1S/3C19H20O3/c1-13-4-5-16(12-14(13)2)19(21)11-10-18(20)15-6-8-17(22-3)9-7-15;1-13-7-8-16(11-14(13)2)19(21)10-9-18(20)15-5-4-6-17(12-15)22-3;1-13-8-9-15(12-14(13)2)17(20)10-11-18(21)16-6-4-5-7-19(16)22-3/h4-9,12H,10-11H2,1-3H3;4-8,11-12H,9-10H2,1-3H3;4-9,12H,10-11H2,1-3H3. The Morgan fingerprint density at radius 3 is 1.08 bits per heavy atom. The maximum Gasteiger partial charge on any atom is 0.167 e. The molecule has 0 saturated carbocycles. The van der Waals surface area contributed by atoms with Crippen molar-refractivity contribution in [2.45, 2.75) is 80.1 Å². The molecule has 0 N–H and O–H groups in total. The van der Waals surface area contributed by atoms with Gasteiger partial charge in [-0.15, -0.1) is 0 Å². The molecule has 0 bridgehead atoms. The van der Waals surface area contributed by atoms with Gasteiger partial charge in [-0.05, 0) is 142 Å². The molecule has 66 heavy (non-hydrogen) atoms. The molecule has 342 valence electrons. The number of Topliss-reactive ketones (excluding diaryl/α,β-unsaturated/α-hetero) is 6. The van der Waals surface area contributed by atoms with Crippen molar-refractivity contribution in [3.63, 3.8) is 0 Å². The smallest absolute Gasteiger partial charge is 0.167 e. The van der Waals surface area contributed by atoms with Crippen molar-refractivity contribution in [1.82, 2.24) is 0 Å². The number of para-hydroxylation sites is 1. The molecule has 0 aliphatic rings. The minimum absolute atomic E-state index is 0.000605. The summed E-state index contributed by atoms with van der Waals surface area (Å²) in [5.41, 5.74) is 10.4. The van der Waals surface area contributed by atoms with E-state index in [1.54, 1.807) is 80.9 Å². The van der Waals surface area contributed by atoms with Crippen LogP contribution < -0.4 is 14.2 Å². The van der Waals surface area contributed by atoms with E-state index in [-0.39, 0.29) is 73.2 Å². The number of hydrogen-bond donors (Lipinski definition) is 0.